The van der Waals surface area contributed by atoms with Crippen LogP contribution < -0.4 is 11.1 Å². The van der Waals surface area contributed by atoms with E-state index in [1.807, 2.05) is 39.2 Å². The third-order valence-electron chi connectivity index (χ3n) is 6.62. The summed E-state index contributed by atoms with van der Waals surface area (Å²) in [6.45, 7) is 10.1. The van der Waals surface area contributed by atoms with E-state index < -0.39 is 0 Å². The number of thiophene rings is 2. The van der Waals surface area contributed by atoms with Crippen molar-refractivity contribution in [1.82, 2.24) is 19.5 Å². The highest BCUT2D eigenvalue weighted by atomic mass is 32.2. The number of fused-ring (bicyclic) bond motifs is 2. The number of H-pyrrole nitrogens is 1. The van der Waals surface area contributed by atoms with Crippen LogP contribution in [0.2, 0.25) is 0 Å². The monoisotopic (exact) mass is 486 g/mol. The summed E-state index contributed by atoms with van der Waals surface area (Å²) < 4.78 is 1.92. The fraction of sp³-hybridized carbons (Fsp3) is 0.478. The van der Waals surface area contributed by atoms with Crippen LogP contribution in [-0.4, -0.2) is 19.5 Å². The van der Waals surface area contributed by atoms with Crippen LogP contribution in [0.25, 0.3) is 20.4 Å². The van der Waals surface area contributed by atoms with Gasteiger partial charge in [-0.05, 0) is 58.6 Å². The van der Waals surface area contributed by atoms with Crippen molar-refractivity contribution in [2.75, 3.05) is 0 Å². The fourth-order valence-electron chi connectivity index (χ4n) is 4.53. The van der Waals surface area contributed by atoms with Gasteiger partial charge in [-0.3, -0.25) is 14.2 Å². The molecule has 32 heavy (non-hydrogen) atoms. The second kappa shape index (κ2) is 8.11. The van der Waals surface area contributed by atoms with Crippen LogP contribution in [0.15, 0.2) is 14.7 Å². The zero-order valence-electron chi connectivity index (χ0n) is 18.9. The molecule has 0 bridgehead atoms. The molecule has 0 spiro atoms. The van der Waals surface area contributed by atoms with E-state index in [-0.39, 0.29) is 22.4 Å². The molecule has 0 aromatic carbocycles. The minimum atomic E-state index is -0.144. The summed E-state index contributed by atoms with van der Waals surface area (Å²) in [4.78, 5) is 42.9. The minimum absolute atomic E-state index is 0.0693. The van der Waals surface area contributed by atoms with E-state index in [9.17, 15) is 9.59 Å². The van der Waals surface area contributed by atoms with Gasteiger partial charge in [0.1, 0.15) is 15.5 Å². The Morgan fingerprint density at radius 3 is 2.22 bits per heavy atom. The topological polar surface area (TPSA) is 80.6 Å². The molecule has 6 nitrogen and oxygen atoms in total. The van der Waals surface area contributed by atoms with Crippen molar-refractivity contribution in [3.05, 3.63) is 47.4 Å². The van der Waals surface area contributed by atoms with Gasteiger partial charge in [-0.1, -0.05) is 24.6 Å². The maximum atomic E-state index is 13.6. The summed E-state index contributed by atoms with van der Waals surface area (Å²) in [7, 11) is 0. The van der Waals surface area contributed by atoms with E-state index >= 15 is 0 Å². The SMILES string of the molecule is Cc1sc2nc([C@@H](C)Sc3nc4sc(C)c(C)c4c(=O)n3C3CCCC3)[nH]c(=O)c2c1C. The van der Waals surface area contributed by atoms with Gasteiger partial charge in [0.2, 0.25) is 0 Å². The Morgan fingerprint density at radius 1 is 0.969 bits per heavy atom. The van der Waals surface area contributed by atoms with Gasteiger partial charge in [0.05, 0.1) is 16.0 Å². The maximum absolute atomic E-state index is 13.6. The molecule has 1 N–H and O–H groups in total. The second-order valence-electron chi connectivity index (χ2n) is 8.65. The van der Waals surface area contributed by atoms with Crippen LogP contribution in [0.5, 0.6) is 0 Å². The van der Waals surface area contributed by atoms with Crippen LogP contribution in [0.4, 0.5) is 0 Å². The second-order valence-corrected chi connectivity index (χ2v) is 12.4. The van der Waals surface area contributed by atoms with Gasteiger partial charge < -0.3 is 4.98 Å². The molecule has 1 aliphatic carbocycles. The summed E-state index contributed by atoms with van der Waals surface area (Å²) in [6, 6.07) is 0.186. The molecule has 4 aromatic rings. The zero-order chi connectivity index (χ0) is 22.7. The molecule has 0 radical (unpaired) electrons. The van der Waals surface area contributed by atoms with Crippen LogP contribution in [0.3, 0.4) is 0 Å². The summed E-state index contributed by atoms with van der Waals surface area (Å²) in [5.74, 6) is 0.625. The van der Waals surface area contributed by atoms with Crippen molar-refractivity contribution in [2.24, 2.45) is 0 Å². The van der Waals surface area contributed by atoms with E-state index in [4.69, 9.17) is 9.97 Å². The smallest absolute Gasteiger partial charge is 0.263 e. The Bertz CT molecular complexity index is 1470. The number of thioether (sulfide) groups is 1. The van der Waals surface area contributed by atoms with E-state index in [0.717, 1.165) is 66.8 Å². The molecule has 0 aliphatic heterocycles. The molecule has 0 saturated heterocycles. The van der Waals surface area contributed by atoms with Gasteiger partial charge in [-0.25, -0.2) is 9.97 Å². The van der Waals surface area contributed by atoms with Crippen LogP contribution in [-0.2, 0) is 0 Å². The average molecular weight is 487 g/mol. The third kappa shape index (κ3) is 3.45. The highest BCUT2D eigenvalue weighted by Gasteiger charge is 2.26. The normalized spacial score (nSPS) is 15.9. The van der Waals surface area contributed by atoms with E-state index in [1.54, 1.807) is 22.7 Å². The summed E-state index contributed by atoms with van der Waals surface area (Å²) in [5.41, 5.74) is 2.01. The predicted molar refractivity (Wildman–Crippen MR) is 135 cm³/mol. The van der Waals surface area contributed by atoms with Crippen LogP contribution in [0, 0.1) is 27.7 Å². The first-order chi connectivity index (χ1) is 15.3. The van der Waals surface area contributed by atoms with Crippen LogP contribution in [0.1, 0.15) is 70.6 Å². The number of aryl methyl sites for hydroxylation is 4. The Hall–Kier alpha value is -1.97. The maximum Gasteiger partial charge on any atom is 0.263 e. The first kappa shape index (κ1) is 21.9. The molecule has 1 fully saturated rings. The number of hydrogen-bond acceptors (Lipinski definition) is 7. The number of hydrogen-bond donors (Lipinski definition) is 1. The number of aromatic nitrogens is 4. The van der Waals surface area contributed by atoms with Gasteiger partial charge in [-0.2, -0.15) is 0 Å². The molecular weight excluding hydrogens is 460 g/mol. The molecule has 9 heteroatoms. The molecule has 5 rings (SSSR count). The Kier molecular flexibility index (Phi) is 5.54. The van der Waals surface area contributed by atoms with Crippen molar-refractivity contribution in [1.29, 1.82) is 0 Å². The predicted octanol–water partition coefficient (Wildman–Crippen LogP) is 5.96. The highest BCUT2D eigenvalue weighted by Crippen LogP contribution is 2.39. The third-order valence-corrected chi connectivity index (χ3v) is 9.90. The molecule has 1 aliphatic rings. The van der Waals surface area contributed by atoms with Crippen molar-refractivity contribution >= 4 is 54.9 Å². The molecule has 1 atom stereocenters. The summed E-state index contributed by atoms with van der Waals surface area (Å²) >= 11 is 4.65. The summed E-state index contributed by atoms with van der Waals surface area (Å²) in [6.07, 6.45) is 4.29. The summed E-state index contributed by atoms with van der Waals surface area (Å²) in [5, 5.41) is 2.02. The molecule has 0 amide bonds. The standard InChI is InChI=1S/C23H26N4O2S3/c1-10-12(3)30-20-16(10)19(28)24-18(25-20)14(5)32-23-26-21-17(11(2)13(4)31-21)22(29)27(23)15-8-6-7-9-15/h14-15H,6-9H2,1-5H3,(H,24,25,28)/t14-/m1/s1. The van der Waals surface area contributed by atoms with E-state index in [1.165, 1.54) is 11.8 Å². The van der Waals surface area contributed by atoms with Gasteiger partial charge in [-0.15, -0.1) is 22.7 Å². The first-order valence-electron chi connectivity index (χ1n) is 10.9. The number of rotatable bonds is 4. The van der Waals surface area contributed by atoms with Gasteiger partial charge in [0, 0.05) is 15.8 Å². The first-order valence-corrected chi connectivity index (χ1v) is 13.5. The van der Waals surface area contributed by atoms with Crippen molar-refractivity contribution in [3.63, 3.8) is 0 Å². The average Bonchev–Trinajstić information content (AvgIpc) is 3.42. The molecular formula is C23H26N4O2S3. The highest BCUT2D eigenvalue weighted by molar-refractivity contribution is 7.99. The molecule has 168 valence electrons. The van der Waals surface area contributed by atoms with Gasteiger partial charge in [0.15, 0.2) is 5.16 Å². The van der Waals surface area contributed by atoms with Crippen LogP contribution >= 0.6 is 34.4 Å². The number of aromatic amines is 1. The minimum Gasteiger partial charge on any atom is -0.309 e. The van der Waals surface area contributed by atoms with Gasteiger partial charge >= 0.3 is 0 Å². The molecule has 1 saturated carbocycles. The van der Waals surface area contributed by atoms with E-state index in [0.29, 0.717) is 11.2 Å². The van der Waals surface area contributed by atoms with Crippen molar-refractivity contribution in [2.45, 2.75) is 76.8 Å². The van der Waals surface area contributed by atoms with Gasteiger partial charge in [0.25, 0.3) is 11.1 Å². The largest absolute Gasteiger partial charge is 0.309 e. The fourth-order valence-corrected chi connectivity index (χ4v) is 7.68. The molecule has 0 unspecified atom stereocenters. The van der Waals surface area contributed by atoms with Crippen molar-refractivity contribution < 1.29 is 0 Å². The lowest BCUT2D eigenvalue weighted by atomic mass is 10.2. The molecule has 4 heterocycles. The Labute approximate surface area is 198 Å². The number of nitrogens with zero attached hydrogens (tertiary/aromatic N) is 3. The zero-order valence-corrected chi connectivity index (χ0v) is 21.3. The Balaban J connectivity index is 1.62. The number of nitrogens with one attached hydrogen (secondary N) is 1. The van der Waals surface area contributed by atoms with E-state index in [2.05, 4.69) is 4.98 Å². The van der Waals surface area contributed by atoms with Crippen molar-refractivity contribution in [3.8, 4) is 0 Å². The quantitative estimate of drug-likeness (QED) is 0.284. The lowest BCUT2D eigenvalue weighted by Crippen LogP contribution is -2.26. The molecule has 4 aromatic heterocycles. The lowest BCUT2D eigenvalue weighted by Gasteiger charge is -2.20. The Morgan fingerprint density at radius 2 is 1.56 bits per heavy atom. The lowest BCUT2D eigenvalue weighted by molar-refractivity contribution is 0.457.